The van der Waals surface area contributed by atoms with Gasteiger partial charge >= 0.3 is 5.97 Å². The maximum absolute atomic E-state index is 12.9. The number of hydrogen-bond acceptors (Lipinski definition) is 9. The molecule has 0 spiro atoms. The zero-order chi connectivity index (χ0) is 25.4. The summed E-state index contributed by atoms with van der Waals surface area (Å²) in [5.41, 5.74) is 0.532. The highest BCUT2D eigenvalue weighted by Crippen LogP contribution is 2.34. The molecule has 2 aromatic carbocycles. The van der Waals surface area contributed by atoms with E-state index in [1.165, 1.54) is 51.9 Å². The zero-order valence-corrected chi connectivity index (χ0v) is 20.3. The molecule has 1 aromatic heterocycles. The van der Waals surface area contributed by atoms with Crippen LogP contribution in [0, 0.1) is 0 Å². The summed E-state index contributed by atoms with van der Waals surface area (Å²) < 4.78 is 26.1. The average molecular weight is 501 g/mol. The standard InChI is InChI=1S/C24H24N2O8S/c1-30-15-8-14(9-16(10-15)31-2)25-22(27)13-34-24(29)17-11-19(32-3)20(33-4)12-18(17)26-23(28)21-6-5-7-35-21/h5-12H,13H2,1-4H3,(H,25,27)(H,26,28). The number of thiophene rings is 1. The van der Waals surface area contributed by atoms with E-state index in [0.29, 0.717) is 27.8 Å². The van der Waals surface area contributed by atoms with Crippen molar-refractivity contribution < 1.29 is 38.1 Å². The molecule has 0 aliphatic carbocycles. The molecule has 3 aromatic rings. The lowest BCUT2D eigenvalue weighted by Gasteiger charge is -2.15. The molecule has 0 radical (unpaired) electrons. The minimum absolute atomic E-state index is 0.0107. The van der Waals surface area contributed by atoms with Crippen molar-refractivity contribution in [3.63, 3.8) is 0 Å². The average Bonchev–Trinajstić information content (AvgIpc) is 3.42. The number of carbonyl (C=O) groups excluding carboxylic acids is 3. The van der Waals surface area contributed by atoms with E-state index < -0.39 is 24.4 Å². The Morgan fingerprint density at radius 3 is 2.06 bits per heavy atom. The van der Waals surface area contributed by atoms with E-state index in [-0.39, 0.29) is 17.0 Å². The molecule has 0 atom stereocenters. The van der Waals surface area contributed by atoms with Gasteiger partial charge in [-0.2, -0.15) is 0 Å². The number of benzene rings is 2. The van der Waals surface area contributed by atoms with Crippen molar-refractivity contribution in [2.45, 2.75) is 0 Å². The van der Waals surface area contributed by atoms with Crippen molar-refractivity contribution in [1.82, 2.24) is 0 Å². The van der Waals surface area contributed by atoms with E-state index in [4.69, 9.17) is 23.7 Å². The van der Waals surface area contributed by atoms with Crippen molar-refractivity contribution in [2.75, 3.05) is 45.7 Å². The van der Waals surface area contributed by atoms with Gasteiger partial charge in [0.15, 0.2) is 18.1 Å². The predicted octanol–water partition coefficient (Wildman–Crippen LogP) is 3.83. The number of amides is 2. The number of carbonyl (C=O) groups is 3. The van der Waals surface area contributed by atoms with Crippen molar-refractivity contribution in [2.24, 2.45) is 0 Å². The number of nitrogens with one attached hydrogen (secondary N) is 2. The third-order valence-corrected chi connectivity index (χ3v) is 5.57. The van der Waals surface area contributed by atoms with Crippen LogP contribution in [0.25, 0.3) is 0 Å². The topological polar surface area (TPSA) is 121 Å². The van der Waals surface area contributed by atoms with E-state index in [1.54, 1.807) is 35.7 Å². The Morgan fingerprint density at radius 1 is 0.829 bits per heavy atom. The van der Waals surface area contributed by atoms with Gasteiger partial charge in [-0.15, -0.1) is 11.3 Å². The van der Waals surface area contributed by atoms with Crippen LogP contribution in [-0.2, 0) is 9.53 Å². The third-order valence-electron chi connectivity index (χ3n) is 4.71. The Labute approximate surface area is 205 Å². The summed E-state index contributed by atoms with van der Waals surface area (Å²) in [7, 11) is 5.81. The normalized spacial score (nSPS) is 10.2. The molecular weight excluding hydrogens is 476 g/mol. The third kappa shape index (κ3) is 6.42. The number of rotatable bonds is 10. The monoisotopic (exact) mass is 500 g/mol. The molecule has 0 bridgehead atoms. The number of anilines is 2. The van der Waals surface area contributed by atoms with E-state index in [0.717, 1.165) is 0 Å². The SMILES string of the molecule is COc1cc(NC(=O)COC(=O)c2cc(OC)c(OC)cc2NC(=O)c2cccs2)cc(OC)c1. The molecular formula is C24H24N2O8S. The van der Waals surface area contributed by atoms with Crippen molar-refractivity contribution in [1.29, 1.82) is 0 Å². The van der Waals surface area contributed by atoms with Gasteiger partial charge in [0.25, 0.3) is 11.8 Å². The van der Waals surface area contributed by atoms with Gasteiger partial charge in [0.2, 0.25) is 0 Å². The second-order valence-corrected chi connectivity index (χ2v) is 7.86. The molecule has 2 amide bonds. The summed E-state index contributed by atoms with van der Waals surface area (Å²) in [5, 5.41) is 7.05. The quantitative estimate of drug-likeness (QED) is 0.403. The van der Waals surface area contributed by atoms with Gasteiger partial charge in [0.05, 0.1) is 44.6 Å². The van der Waals surface area contributed by atoms with Crippen LogP contribution in [0.15, 0.2) is 47.8 Å². The van der Waals surface area contributed by atoms with Crippen LogP contribution in [0.5, 0.6) is 23.0 Å². The lowest BCUT2D eigenvalue weighted by Crippen LogP contribution is -2.22. The van der Waals surface area contributed by atoms with Gasteiger partial charge in [-0.25, -0.2) is 4.79 Å². The Kier molecular flexibility index (Phi) is 8.52. The van der Waals surface area contributed by atoms with Gasteiger partial charge in [-0.05, 0) is 11.4 Å². The van der Waals surface area contributed by atoms with Crippen LogP contribution in [0.1, 0.15) is 20.0 Å². The summed E-state index contributed by atoms with van der Waals surface area (Å²) in [5.74, 6) is -0.326. The number of esters is 1. The van der Waals surface area contributed by atoms with Gasteiger partial charge in [0.1, 0.15) is 11.5 Å². The Morgan fingerprint density at radius 2 is 1.49 bits per heavy atom. The Bertz CT molecular complexity index is 1190. The lowest BCUT2D eigenvalue weighted by molar-refractivity contribution is -0.119. The molecule has 0 aliphatic rings. The Hall–Kier alpha value is -4.25. The van der Waals surface area contributed by atoms with Crippen LogP contribution in [0.3, 0.4) is 0 Å². The summed E-state index contributed by atoms with van der Waals surface area (Å²) >= 11 is 1.25. The first-order valence-corrected chi connectivity index (χ1v) is 11.1. The number of hydrogen-bond donors (Lipinski definition) is 2. The lowest BCUT2D eigenvalue weighted by atomic mass is 10.1. The zero-order valence-electron chi connectivity index (χ0n) is 19.5. The highest BCUT2D eigenvalue weighted by molar-refractivity contribution is 7.12. The summed E-state index contributed by atoms with van der Waals surface area (Å²) in [6, 6.07) is 11.0. The molecule has 35 heavy (non-hydrogen) atoms. The highest BCUT2D eigenvalue weighted by Gasteiger charge is 2.21. The van der Waals surface area contributed by atoms with Crippen LogP contribution in [-0.4, -0.2) is 52.8 Å². The molecule has 10 nitrogen and oxygen atoms in total. The fraction of sp³-hybridized carbons (Fsp3) is 0.208. The highest BCUT2D eigenvalue weighted by atomic mass is 32.1. The summed E-state index contributed by atoms with van der Waals surface area (Å²) in [4.78, 5) is 38.3. The van der Waals surface area contributed by atoms with Crippen LogP contribution >= 0.6 is 11.3 Å². The molecule has 0 fully saturated rings. The van der Waals surface area contributed by atoms with Gasteiger partial charge in [0, 0.05) is 36.0 Å². The molecule has 3 rings (SSSR count). The van der Waals surface area contributed by atoms with Gasteiger partial charge < -0.3 is 34.3 Å². The minimum atomic E-state index is -0.842. The molecule has 11 heteroatoms. The summed E-state index contributed by atoms with van der Waals surface area (Å²) in [6.07, 6.45) is 0. The van der Waals surface area contributed by atoms with E-state index in [1.807, 2.05) is 0 Å². The number of ether oxygens (including phenoxy) is 5. The minimum Gasteiger partial charge on any atom is -0.497 e. The van der Waals surface area contributed by atoms with Crippen molar-refractivity contribution >= 4 is 40.5 Å². The van der Waals surface area contributed by atoms with Gasteiger partial charge in [-0.3, -0.25) is 9.59 Å². The Balaban J connectivity index is 1.76. The first-order chi connectivity index (χ1) is 16.9. The first-order valence-electron chi connectivity index (χ1n) is 10.2. The van der Waals surface area contributed by atoms with Crippen LogP contribution in [0.4, 0.5) is 11.4 Å². The molecule has 0 aliphatic heterocycles. The smallest absolute Gasteiger partial charge is 0.340 e. The fourth-order valence-corrected chi connectivity index (χ4v) is 3.65. The van der Waals surface area contributed by atoms with E-state index in [2.05, 4.69) is 10.6 Å². The van der Waals surface area contributed by atoms with E-state index >= 15 is 0 Å². The van der Waals surface area contributed by atoms with Crippen molar-refractivity contribution in [3.05, 3.63) is 58.3 Å². The molecule has 0 saturated carbocycles. The predicted molar refractivity (Wildman–Crippen MR) is 130 cm³/mol. The molecule has 2 N–H and O–H groups in total. The van der Waals surface area contributed by atoms with Crippen molar-refractivity contribution in [3.8, 4) is 23.0 Å². The fourth-order valence-electron chi connectivity index (χ4n) is 3.03. The number of methoxy groups -OCH3 is 4. The molecule has 0 saturated heterocycles. The molecule has 184 valence electrons. The van der Waals surface area contributed by atoms with E-state index in [9.17, 15) is 14.4 Å². The largest absolute Gasteiger partial charge is 0.497 e. The second kappa shape index (κ2) is 11.7. The van der Waals surface area contributed by atoms with Gasteiger partial charge in [-0.1, -0.05) is 6.07 Å². The second-order valence-electron chi connectivity index (χ2n) is 6.91. The van der Waals surface area contributed by atoms with Crippen LogP contribution in [0.2, 0.25) is 0 Å². The molecule has 1 heterocycles. The maximum atomic E-state index is 12.9. The van der Waals surface area contributed by atoms with Crippen LogP contribution < -0.4 is 29.6 Å². The summed E-state index contributed by atoms with van der Waals surface area (Å²) in [6.45, 7) is -0.578. The first kappa shape index (κ1) is 25.4. The molecule has 0 unspecified atom stereocenters. The maximum Gasteiger partial charge on any atom is 0.340 e.